The molecule has 0 bridgehead atoms. The van der Waals surface area contributed by atoms with Gasteiger partial charge in [-0.2, -0.15) is 0 Å². The van der Waals surface area contributed by atoms with Gasteiger partial charge in [-0.25, -0.2) is 4.90 Å². The van der Waals surface area contributed by atoms with Gasteiger partial charge in [-0.1, -0.05) is 29.8 Å². The minimum atomic E-state index is -0.481. The maximum Gasteiger partial charge on any atom is 0.284 e. The summed E-state index contributed by atoms with van der Waals surface area (Å²) in [4.78, 5) is 42.5. The van der Waals surface area contributed by atoms with Gasteiger partial charge in [0.25, 0.3) is 11.8 Å². The standard InChI is InChI=1S/C21H14ClN3O3/c22-14-8-6-13(7-9-14)11-18(26)24-15-3-1-4-16(12-15)25-20(27)17-5-2-10-23-19(17)21(25)28/h1-10,12H,11H2,(H,24,26). The smallest absolute Gasteiger partial charge is 0.284 e. The minimum absolute atomic E-state index is 0.129. The van der Waals surface area contributed by atoms with Crippen LogP contribution >= 0.6 is 11.6 Å². The van der Waals surface area contributed by atoms with Crippen LogP contribution in [0.5, 0.6) is 0 Å². The lowest BCUT2D eigenvalue weighted by Crippen LogP contribution is -2.29. The van der Waals surface area contributed by atoms with E-state index in [9.17, 15) is 14.4 Å². The zero-order valence-corrected chi connectivity index (χ0v) is 15.3. The molecule has 0 atom stereocenters. The summed E-state index contributed by atoms with van der Waals surface area (Å²) >= 11 is 5.85. The van der Waals surface area contributed by atoms with Crippen LogP contribution in [0.3, 0.4) is 0 Å². The van der Waals surface area contributed by atoms with Gasteiger partial charge in [0.2, 0.25) is 5.91 Å². The fourth-order valence-electron chi connectivity index (χ4n) is 3.02. The summed E-state index contributed by atoms with van der Waals surface area (Å²) in [6.07, 6.45) is 1.65. The Morgan fingerprint density at radius 3 is 2.54 bits per heavy atom. The summed E-state index contributed by atoms with van der Waals surface area (Å²) in [6, 6.07) is 16.8. The molecule has 0 unspecified atom stereocenters. The van der Waals surface area contributed by atoms with E-state index in [1.165, 1.54) is 6.20 Å². The predicted molar refractivity (Wildman–Crippen MR) is 106 cm³/mol. The number of hydrogen-bond acceptors (Lipinski definition) is 4. The monoisotopic (exact) mass is 391 g/mol. The summed E-state index contributed by atoms with van der Waals surface area (Å²) in [5.74, 6) is -1.13. The molecule has 0 aliphatic carbocycles. The van der Waals surface area contributed by atoms with Crippen molar-refractivity contribution < 1.29 is 14.4 Å². The number of fused-ring (bicyclic) bond motifs is 1. The van der Waals surface area contributed by atoms with Crippen molar-refractivity contribution in [1.82, 2.24) is 4.98 Å². The van der Waals surface area contributed by atoms with Crippen LogP contribution in [0.1, 0.15) is 26.4 Å². The number of nitrogens with zero attached hydrogens (tertiary/aromatic N) is 2. The Labute approximate surface area is 165 Å². The van der Waals surface area contributed by atoms with Crippen LogP contribution in [0, 0.1) is 0 Å². The van der Waals surface area contributed by atoms with Crippen LogP contribution in [0.4, 0.5) is 11.4 Å². The van der Waals surface area contributed by atoms with Crippen LogP contribution in [-0.4, -0.2) is 22.7 Å². The molecule has 6 nitrogen and oxygen atoms in total. The maximum atomic E-state index is 12.6. The Morgan fingerprint density at radius 1 is 1.00 bits per heavy atom. The van der Waals surface area contributed by atoms with E-state index in [0.717, 1.165) is 10.5 Å². The molecule has 3 amide bonds. The number of amides is 3. The second-order valence-electron chi connectivity index (χ2n) is 6.25. The Kier molecular flexibility index (Phi) is 4.63. The second-order valence-corrected chi connectivity index (χ2v) is 6.68. The third-order valence-electron chi connectivity index (χ3n) is 4.31. The van der Waals surface area contributed by atoms with Gasteiger partial charge < -0.3 is 5.32 Å². The van der Waals surface area contributed by atoms with Gasteiger partial charge in [-0.3, -0.25) is 19.4 Å². The number of imide groups is 1. The lowest BCUT2D eigenvalue weighted by atomic mass is 10.1. The van der Waals surface area contributed by atoms with Crippen molar-refractivity contribution in [2.45, 2.75) is 6.42 Å². The highest BCUT2D eigenvalue weighted by Gasteiger charge is 2.37. The summed E-state index contributed by atoms with van der Waals surface area (Å²) in [5.41, 5.74) is 2.08. The van der Waals surface area contributed by atoms with E-state index >= 15 is 0 Å². The molecular formula is C21H14ClN3O3. The summed E-state index contributed by atoms with van der Waals surface area (Å²) < 4.78 is 0. The number of pyridine rings is 1. The zero-order valence-electron chi connectivity index (χ0n) is 14.6. The third-order valence-corrected chi connectivity index (χ3v) is 4.56. The largest absolute Gasteiger partial charge is 0.326 e. The quantitative estimate of drug-likeness (QED) is 0.687. The van der Waals surface area contributed by atoms with E-state index in [2.05, 4.69) is 10.3 Å². The normalized spacial score (nSPS) is 12.8. The van der Waals surface area contributed by atoms with Crippen LogP contribution in [0.25, 0.3) is 0 Å². The molecule has 28 heavy (non-hydrogen) atoms. The molecule has 0 spiro atoms. The van der Waals surface area contributed by atoms with Gasteiger partial charge in [-0.05, 0) is 48.0 Å². The van der Waals surface area contributed by atoms with Crippen LogP contribution in [0.2, 0.25) is 5.02 Å². The topological polar surface area (TPSA) is 79.4 Å². The molecular weight excluding hydrogens is 378 g/mol. The first kappa shape index (κ1) is 17.9. The maximum absolute atomic E-state index is 12.6. The Bertz CT molecular complexity index is 1060. The number of carbonyl (C=O) groups excluding carboxylic acids is 3. The first-order valence-electron chi connectivity index (χ1n) is 8.51. The average molecular weight is 392 g/mol. The fourth-order valence-corrected chi connectivity index (χ4v) is 3.14. The molecule has 4 rings (SSSR count). The van der Waals surface area contributed by atoms with Gasteiger partial charge in [0.1, 0.15) is 5.69 Å². The Morgan fingerprint density at radius 2 is 1.79 bits per heavy atom. The van der Waals surface area contributed by atoms with Gasteiger partial charge in [0.15, 0.2) is 0 Å². The molecule has 1 N–H and O–H groups in total. The molecule has 2 aromatic carbocycles. The van der Waals surface area contributed by atoms with Crippen LogP contribution in [0.15, 0.2) is 66.9 Å². The van der Waals surface area contributed by atoms with Crippen LogP contribution < -0.4 is 10.2 Å². The number of nitrogens with one attached hydrogen (secondary N) is 1. The van der Waals surface area contributed by atoms with Crippen LogP contribution in [-0.2, 0) is 11.2 Å². The van der Waals surface area contributed by atoms with Gasteiger partial charge in [0, 0.05) is 16.9 Å². The number of benzene rings is 2. The zero-order chi connectivity index (χ0) is 19.7. The van der Waals surface area contributed by atoms with Crippen molar-refractivity contribution in [3.8, 4) is 0 Å². The number of anilines is 2. The van der Waals surface area contributed by atoms with Gasteiger partial charge >= 0.3 is 0 Å². The Balaban J connectivity index is 1.52. The van der Waals surface area contributed by atoms with Crippen molar-refractivity contribution in [1.29, 1.82) is 0 Å². The van der Waals surface area contributed by atoms with Gasteiger partial charge in [-0.15, -0.1) is 0 Å². The van der Waals surface area contributed by atoms with Gasteiger partial charge in [0.05, 0.1) is 17.7 Å². The third kappa shape index (κ3) is 3.37. The average Bonchev–Trinajstić information content (AvgIpc) is 2.95. The molecule has 1 aliphatic rings. The first-order chi connectivity index (χ1) is 13.5. The lowest BCUT2D eigenvalue weighted by molar-refractivity contribution is -0.115. The predicted octanol–water partition coefficient (Wildman–Crippen LogP) is 3.72. The van der Waals surface area contributed by atoms with Crippen molar-refractivity contribution in [3.63, 3.8) is 0 Å². The molecule has 3 aromatic rings. The van der Waals surface area contributed by atoms with E-state index in [4.69, 9.17) is 11.6 Å². The lowest BCUT2D eigenvalue weighted by Gasteiger charge is -2.15. The number of carbonyl (C=O) groups is 3. The molecule has 1 aromatic heterocycles. The first-order valence-corrected chi connectivity index (χ1v) is 8.89. The Hall–Kier alpha value is -3.51. The fraction of sp³-hybridized carbons (Fsp3) is 0.0476. The van der Waals surface area contributed by atoms with E-state index in [0.29, 0.717) is 16.4 Å². The molecule has 0 fully saturated rings. The summed E-state index contributed by atoms with van der Waals surface area (Å²) in [7, 11) is 0. The van der Waals surface area contributed by atoms with Crippen molar-refractivity contribution >= 4 is 40.7 Å². The summed E-state index contributed by atoms with van der Waals surface area (Å²) in [6.45, 7) is 0. The number of rotatable bonds is 4. The second kappa shape index (κ2) is 7.25. The molecule has 2 heterocycles. The van der Waals surface area contributed by atoms with E-state index < -0.39 is 11.8 Å². The van der Waals surface area contributed by atoms with Crippen molar-refractivity contribution in [2.24, 2.45) is 0 Å². The highest BCUT2D eigenvalue weighted by atomic mass is 35.5. The van der Waals surface area contributed by atoms with Crippen molar-refractivity contribution in [3.05, 3.63) is 88.7 Å². The molecule has 7 heteroatoms. The summed E-state index contributed by atoms with van der Waals surface area (Å²) in [5, 5.41) is 3.39. The highest BCUT2D eigenvalue weighted by molar-refractivity contribution is 6.33. The minimum Gasteiger partial charge on any atom is -0.326 e. The molecule has 138 valence electrons. The number of aromatic nitrogens is 1. The molecule has 0 saturated heterocycles. The van der Waals surface area contributed by atoms with E-state index in [-0.39, 0.29) is 23.6 Å². The highest BCUT2D eigenvalue weighted by Crippen LogP contribution is 2.28. The number of hydrogen-bond donors (Lipinski definition) is 1. The van der Waals surface area contributed by atoms with E-state index in [1.54, 1.807) is 60.7 Å². The molecule has 0 saturated carbocycles. The SMILES string of the molecule is O=C(Cc1ccc(Cl)cc1)Nc1cccc(N2C(=O)c3cccnc3C2=O)c1. The van der Waals surface area contributed by atoms with Crippen molar-refractivity contribution in [2.75, 3.05) is 10.2 Å². The molecule has 1 aliphatic heterocycles. The molecule has 0 radical (unpaired) electrons. The number of halogens is 1. The van der Waals surface area contributed by atoms with E-state index in [1.807, 2.05) is 0 Å².